The van der Waals surface area contributed by atoms with E-state index in [0.717, 1.165) is 60.0 Å². The Labute approximate surface area is 220 Å². The highest BCUT2D eigenvalue weighted by atomic mass is 32.1. The van der Waals surface area contributed by atoms with E-state index in [4.69, 9.17) is 10.5 Å². The van der Waals surface area contributed by atoms with Gasteiger partial charge in [0.1, 0.15) is 16.4 Å². The van der Waals surface area contributed by atoms with Gasteiger partial charge in [-0.1, -0.05) is 0 Å². The van der Waals surface area contributed by atoms with E-state index < -0.39 is 5.91 Å². The number of nitrogens with one attached hydrogen (secondary N) is 3. The van der Waals surface area contributed by atoms with E-state index in [0.29, 0.717) is 23.2 Å². The van der Waals surface area contributed by atoms with Crippen LogP contribution < -0.4 is 26.0 Å². The van der Waals surface area contributed by atoms with E-state index in [2.05, 4.69) is 62.4 Å². The SMILES string of the molecule is CCOc1cc(N2CCN(C(C)C)CC2)ccc1Nc1cc2c(Nc3ccsc3C(N)=O)cncc2[nH]1. The Morgan fingerprint density at radius 3 is 2.65 bits per heavy atom. The van der Waals surface area contributed by atoms with Gasteiger partial charge in [0.25, 0.3) is 5.91 Å². The van der Waals surface area contributed by atoms with Gasteiger partial charge >= 0.3 is 0 Å². The van der Waals surface area contributed by atoms with Gasteiger partial charge in [-0.25, -0.2) is 0 Å². The van der Waals surface area contributed by atoms with E-state index in [9.17, 15) is 4.79 Å². The van der Waals surface area contributed by atoms with Crippen molar-refractivity contribution >= 4 is 56.7 Å². The van der Waals surface area contributed by atoms with Gasteiger partial charge in [0.05, 0.1) is 41.6 Å². The number of ether oxygens (including phenoxy) is 1. The van der Waals surface area contributed by atoms with Crippen LogP contribution in [-0.4, -0.2) is 59.6 Å². The van der Waals surface area contributed by atoms with Crippen molar-refractivity contribution in [1.82, 2.24) is 14.9 Å². The molecule has 1 aromatic carbocycles. The van der Waals surface area contributed by atoms with E-state index in [-0.39, 0.29) is 0 Å². The summed E-state index contributed by atoms with van der Waals surface area (Å²) in [6.45, 7) is 11.2. The zero-order valence-electron chi connectivity index (χ0n) is 21.4. The molecule has 10 heteroatoms. The molecule has 194 valence electrons. The van der Waals surface area contributed by atoms with Crippen LogP contribution in [0.5, 0.6) is 5.75 Å². The number of nitrogens with two attached hydrogens (primary N) is 1. The summed E-state index contributed by atoms with van der Waals surface area (Å²) in [6.07, 6.45) is 3.51. The fourth-order valence-electron chi connectivity index (χ4n) is 4.69. The zero-order valence-corrected chi connectivity index (χ0v) is 22.2. The number of fused-ring (bicyclic) bond motifs is 1. The Balaban J connectivity index is 1.37. The number of benzene rings is 1. The van der Waals surface area contributed by atoms with Gasteiger partial charge < -0.3 is 31.0 Å². The molecule has 0 spiro atoms. The second kappa shape index (κ2) is 10.7. The number of hydrogen-bond donors (Lipinski definition) is 4. The number of aromatic amines is 1. The number of H-pyrrole nitrogens is 1. The number of pyridine rings is 1. The smallest absolute Gasteiger partial charge is 0.260 e. The van der Waals surface area contributed by atoms with Crippen molar-refractivity contribution in [2.45, 2.75) is 26.8 Å². The van der Waals surface area contributed by atoms with Crippen LogP contribution in [0.2, 0.25) is 0 Å². The molecule has 5 rings (SSSR count). The molecular weight excluding hydrogens is 486 g/mol. The number of carbonyl (C=O) groups excluding carboxylic acids is 1. The predicted molar refractivity (Wildman–Crippen MR) is 152 cm³/mol. The van der Waals surface area contributed by atoms with E-state index in [1.165, 1.54) is 17.0 Å². The van der Waals surface area contributed by atoms with Crippen molar-refractivity contribution in [1.29, 1.82) is 0 Å². The molecule has 1 fully saturated rings. The van der Waals surface area contributed by atoms with Crippen molar-refractivity contribution < 1.29 is 9.53 Å². The molecule has 5 N–H and O–H groups in total. The second-order valence-corrected chi connectivity index (χ2v) is 10.3. The van der Waals surface area contributed by atoms with Crippen molar-refractivity contribution in [3.05, 3.63) is 53.0 Å². The Morgan fingerprint density at radius 2 is 1.92 bits per heavy atom. The number of hydrogen-bond acceptors (Lipinski definition) is 8. The van der Waals surface area contributed by atoms with Crippen LogP contribution in [0.25, 0.3) is 10.9 Å². The molecule has 3 aromatic heterocycles. The normalized spacial score (nSPS) is 14.3. The van der Waals surface area contributed by atoms with Crippen LogP contribution in [0.3, 0.4) is 0 Å². The van der Waals surface area contributed by atoms with Crippen molar-refractivity contribution in [2.75, 3.05) is 48.3 Å². The molecule has 0 radical (unpaired) electrons. The fourth-order valence-corrected chi connectivity index (χ4v) is 5.39. The van der Waals surface area contributed by atoms with Gasteiger partial charge in [0.2, 0.25) is 0 Å². The fraction of sp³-hybridized carbons (Fsp3) is 0.333. The topological polar surface area (TPSA) is 112 Å². The highest BCUT2D eigenvalue weighted by Crippen LogP contribution is 2.35. The number of amides is 1. The number of aromatic nitrogens is 2. The number of rotatable bonds is 9. The van der Waals surface area contributed by atoms with Crippen molar-refractivity contribution in [3.8, 4) is 5.75 Å². The molecule has 1 aliphatic heterocycles. The van der Waals surface area contributed by atoms with Gasteiger partial charge in [-0.15, -0.1) is 11.3 Å². The summed E-state index contributed by atoms with van der Waals surface area (Å²) in [5.74, 6) is 1.17. The van der Waals surface area contributed by atoms with Crippen LogP contribution in [-0.2, 0) is 0 Å². The van der Waals surface area contributed by atoms with Crippen LogP contribution in [0.15, 0.2) is 48.1 Å². The number of carbonyl (C=O) groups is 1. The maximum Gasteiger partial charge on any atom is 0.260 e. The molecule has 0 atom stereocenters. The summed E-state index contributed by atoms with van der Waals surface area (Å²) >= 11 is 1.31. The van der Waals surface area contributed by atoms with Gasteiger partial charge in [0.15, 0.2) is 0 Å². The first kappa shape index (κ1) is 24.9. The van der Waals surface area contributed by atoms with Crippen LogP contribution in [0, 0.1) is 0 Å². The third-order valence-corrected chi connectivity index (χ3v) is 7.58. The second-order valence-electron chi connectivity index (χ2n) is 9.34. The average Bonchev–Trinajstić information content (AvgIpc) is 3.52. The highest BCUT2D eigenvalue weighted by Gasteiger charge is 2.20. The minimum Gasteiger partial charge on any atom is -0.492 e. The lowest BCUT2D eigenvalue weighted by molar-refractivity contribution is 0.100. The van der Waals surface area contributed by atoms with Crippen LogP contribution >= 0.6 is 11.3 Å². The third kappa shape index (κ3) is 5.35. The van der Waals surface area contributed by atoms with Crippen LogP contribution in [0.4, 0.5) is 28.6 Å². The molecule has 0 saturated carbocycles. The summed E-state index contributed by atoms with van der Waals surface area (Å²) in [7, 11) is 0. The number of piperazine rings is 1. The quantitative estimate of drug-likeness (QED) is 0.242. The Kier molecular flexibility index (Phi) is 7.20. The maximum absolute atomic E-state index is 11.7. The molecule has 1 aliphatic rings. The van der Waals surface area contributed by atoms with E-state index in [1.54, 1.807) is 12.4 Å². The summed E-state index contributed by atoms with van der Waals surface area (Å²) < 4.78 is 6.02. The predicted octanol–water partition coefficient (Wildman–Crippen LogP) is 5.14. The summed E-state index contributed by atoms with van der Waals surface area (Å²) in [5, 5.41) is 9.56. The lowest BCUT2D eigenvalue weighted by atomic mass is 10.2. The molecule has 1 amide bonds. The van der Waals surface area contributed by atoms with Crippen LogP contribution in [0.1, 0.15) is 30.4 Å². The first-order chi connectivity index (χ1) is 17.9. The minimum absolute atomic E-state index is 0.456. The van der Waals surface area contributed by atoms with Gasteiger partial charge in [0, 0.05) is 49.4 Å². The molecule has 0 aliphatic carbocycles. The Hall–Kier alpha value is -3.76. The molecule has 4 heterocycles. The van der Waals surface area contributed by atoms with Crippen molar-refractivity contribution in [3.63, 3.8) is 0 Å². The molecule has 4 aromatic rings. The van der Waals surface area contributed by atoms with E-state index >= 15 is 0 Å². The summed E-state index contributed by atoms with van der Waals surface area (Å²) in [4.78, 5) is 24.9. The lowest BCUT2D eigenvalue weighted by Crippen LogP contribution is -2.48. The third-order valence-electron chi connectivity index (χ3n) is 6.65. The molecule has 0 unspecified atom stereocenters. The molecule has 0 bridgehead atoms. The average molecular weight is 520 g/mol. The summed E-state index contributed by atoms with van der Waals surface area (Å²) in [6, 6.07) is 10.8. The van der Waals surface area contributed by atoms with Crippen molar-refractivity contribution in [2.24, 2.45) is 5.73 Å². The van der Waals surface area contributed by atoms with E-state index in [1.807, 2.05) is 24.4 Å². The first-order valence-corrected chi connectivity index (χ1v) is 13.4. The Morgan fingerprint density at radius 1 is 1.11 bits per heavy atom. The number of anilines is 5. The molecule has 37 heavy (non-hydrogen) atoms. The largest absolute Gasteiger partial charge is 0.492 e. The number of thiophene rings is 1. The molecule has 9 nitrogen and oxygen atoms in total. The first-order valence-electron chi connectivity index (χ1n) is 12.6. The highest BCUT2D eigenvalue weighted by molar-refractivity contribution is 7.12. The number of primary amides is 1. The Bertz CT molecular complexity index is 1390. The lowest BCUT2D eigenvalue weighted by Gasteiger charge is -2.38. The monoisotopic (exact) mass is 519 g/mol. The molecular formula is C27H33N7O2S. The zero-order chi connectivity index (χ0) is 25.9. The van der Waals surface area contributed by atoms with Gasteiger partial charge in [-0.3, -0.25) is 14.7 Å². The van der Waals surface area contributed by atoms with Gasteiger partial charge in [-0.2, -0.15) is 0 Å². The minimum atomic E-state index is -0.456. The standard InChI is InChI=1S/C27H33N7O2S/c1-4-36-24-13-18(34-10-8-33(9-11-34)17(2)3)5-6-20(24)31-25-14-19-22(15-29-16-23(19)32-25)30-21-7-12-37-26(21)27(28)35/h5-7,12-17,30-32H,4,8-11H2,1-3H3,(H2,28,35). The summed E-state index contributed by atoms with van der Waals surface area (Å²) in [5.41, 5.74) is 9.88. The number of nitrogens with zero attached hydrogens (tertiary/aromatic N) is 3. The maximum atomic E-state index is 11.7. The molecule has 1 saturated heterocycles. The van der Waals surface area contributed by atoms with Gasteiger partial charge in [-0.05, 0) is 50.4 Å².